The van der Waals surface area contributed by atoms with E-state index >= 15 is 0 Å². The molecule has 4 nitrogen and oxygen atoms in total. The van der Waals surface area contributed by atoms with Crippen LogP contribution in [0, 0.1) is 11.7 Å². The Morgan fingerprint density at radius 3 is 2.45 bits per heavy atom. The zero-order valence-electron chi connectivity index (χ0n) is 17.0. The van der Waals surface area contributed by atoms with Crippen LogP contribution in [0.15, 0.2) is 34.8 Å². The van der Waals surface area contributed by atoms with Crippen LogP contribution in [-0.2, 0) is 5.67 Å². The number of hydrogen-bond donors (Lipinski definition) is 2. The largest absolute Gasteiger partial charge is 0.433 e. The molecule has 1 atom stereocenters. The maximum atomic E-state index is 14.8. The average Bonchev–Trinajstić information content (AvgIpc) is 3.52. The van der Waals surface area contributed by atoms with Crippen LogP contribution in [-0.4, -0.2) is 25.2 Å². The number of halogens is 8. The number of amides is 1. The molecule has 2 aromatic carbocycles. The van der Waals surface area contributed by atoms with Crippen LogP contribution in [0.1, 0.15) is 35.7 Å². The third-order valence-corrected chi connectivity index (χ3v) is 5.73. The second kappa shape index (κ2) is 9.40. The van der Waals surface area contributed by atoms with Gasteiger partial charge in [0.2, 0.25) is 5.67 Å². The Hall–Kier alpha value is -2.50. The number of carbonyl (C=O) groups is 1. The van der Waals surface area contributed by atoms with Gasteiger partial charge in [-0.2, -0.15) is 22.0 Å². The maximum Gasteiger partial charge on any atom is 0.426 e. The summed E-state index contributed by atoms with van der Waals surface area (Å²) in [5.74, 6) is -2.48. The van der Waals surface area contributed by atoms with E-state index < -0.39 is 52.7 Å². The van der Waals surface area contributed by atoms with Crippen molar-refractivity contribution in [2.75, 3.05) is 17.2 Å². The Bertz CT molecular complexity index is 1040. The molecular formula is C21H18BrF7N2O2. The van der Waals surface area contributed by atoms with Crippen LogP contribution in [0.5, 0.6) is 5.75 Å². The summed E-state index contributed by atoms with van der Waals surface area (Å²) in [5, 5.41) is 5.03. The van der Waals surface area contributed by atoms with E-state index in [2.05, 4.69) is 31.3 Å². The normalized spacial score (nSPS) is 15.8. The molecule has 1 amide bonds. The van der Waals surface area contributed by atoms with Crippen molar-refractivity contribution in [3.8, 4) is 5.75 Å². The minimum Gasteiger partial charge on any atom is -0.433 e. The number of benzene rings is 2. The Labute approximate surface area is 192 Å². The maximum absolute atomic E-state index is 14.8. The van der Waals surface area contributed by atoms with Gasteiger partial charge >= 0.3 is 12.8 Å². The van der Waals surface area contributed by atoms with Crippen molar-refractivity contribution in [3.05, 3.63) is 51.7 Å². The number of nitrogens with one attached hydrogen (secondary N) is 2. The average molecular weight is 543 g/mol. The molecule has 1 aliphatic carbocycles. The predicted octanol–water partition coefficient (Wildman–Crippen LogP) is 7.01. The molecule has 2 N–H and O–H groups in total. The van der Waals surface area contributed by atoms with Crippen LogP contribution in [0.4, 0.5) is 42.1 Å². The van der Waals surface area contributed by atoms with E-state index in [1.54, 1.807) is 0 Å². The quantitative estimate of drug-likeness (QED) is 0.353. The van der Waals surface area contributed by atoms with E-state index in [0.717, 1.165) is 18.9 Å². The first-order chi connectivity index (χ1) is 15.3. The van der Waals surface area contributed by atoms with E-state index in [1.807, 2.05) is 0 Å². The first-order valence-electron chi connectivity index (χ1n) is 9.69. The van der Waals surface area contributed by atoms with Crippen molar-refractivity contribution in [1.82, 2.24) is 0 Å². The molecule has 0 spiro atoms. The monoisotopic (exact) mass is 542 g/mol. The summed E-state index contributed by atoms with van der Waals surface area (Å²) in [6, 6.07) is 5.05. The van der Waals surface area contributed by atoms with Gasteiger partial charge in [0.25, 0.3) is 5.91 Å². The number of rotatable bonds is 8. The van der Waals surface area contributed by atoms with E-state index in [9.17, 15) is 35.5 Å². The number of ether oxygens (including phenoxy) is 1. The van der Waals surface area contributed by atoms with Gasteiger partial charge in [-0.1, -0.05) is 6.07 Å². The Kier molecular flexibility index (Phi) is 7.15. The molecule has 2 aromatic rings. The molecule has 0 radical (unpaired) electrons. The van der Waals surface area contributed by atoms with Gasteiger partial charge in [0.15, 0.2) is 11.6 Å². The molecule has 1 unspecified atom stereocenters. The smallest absolute Gasteiger partial charge is 0.426 e. The van der Waals surface area contributed by atoms with Gasteiger partial charge in [-0.3, -0.25) is 4.79 Å². The van der Waals surface area contributed by atoms with E-state index in [-0.39, 0.29) is 17.1 Å². The summed E-state index contributed by atoms with van der Waals surface area (Å²) < 4.78 is 98.1. The number of alkyl halides is 6. The topological polar surface area (TPSA) is 50.4 Å². The van der Waals surface area contributed by atoms with E-state index in [1.165, 1.54) is 12.1 Å². The summed E-state index contributed by atoms with van der Waals surface area (Å²) in [5.41, 5.74) is -5.83. The third-order valence-electron chi connectivity index (χ3n) is 5.10. The van der Waals surface area contributed by atoms with Crippen molar-refractivity contribution in [2.24, 2.45) is 5.92 Å². The van der Waals surface area contributed by atoms with Gasteiger partial charge in [-0.25, -0.2) is 8.78 Å². The van der Waals surface area contributed by atoms with E-state index in [0.29, 0.717) is 24.6 Å². The molecule has 33 heavy (non-hydrogen) atoms. The van der Waals surface area contributed by atoms with Crippen LogP contribution in [0.25, 0.3) is 0 Å². The number of hydrogen-bond acceptors (Lipinski definition) is 3. The summed E-state index contributed by atoms with van der Waals surface area (Å²) in [4.78, 5) is 12.7. The Balaban J connectivity index is 1.94. The van der Waals surface area contributed by atoms with Crippen molar-refractivity contribution < 1.29 is 40.3 Å². The molecular weight excluding hydrogens is 525 g/mol. The SMILES string of the molecule is CC(F)(c1cc(Br)c(NC(=O)c2cccc(NCC3CC3)c2F)c(OC(F)F)c1)C(F)(F)F. The summed E-state index contributed by atoms with van der Waals surface area (Å²) in [7, 11) is 0. The van der Waals surface area contributed by atoms with Crippen molar-refractivity contribution in [3.63, 3.8) is 0 Å². The highest BCUT2D eigenvalue weighted by Crippen LogP contribution is 2.46. The number of carbonyl (C=O) groups excluding carboxylic acids is 1. The molecule has 12 heteroatoms. The molecule has 0 aliphatic heterocycles. The fourth-order valence-corrected chi connectivity index (χ4v) is 3.47. The highest BCUT2D eigenvalue weighted by Gasteiger charge is 2.53. The molecule has 1 fully saturated rings. The lowest BCUT2D eigenvalue weighted by molar-refractivity contribution is -0.228. The van der Waals surface area contributed by atoms with Crippen molar-refractivity contribution >= 4 is 33.2 Å². The van der Waals surface area contributed by atoms with Gasteiger partial charge in [0.1, 0.15) is 0 Å². The van der Waals surface area contributed by atoms with Gasteiger partial charge < -0.3 is 15.4 Å². The zero-order valence-corrected chi connectivity index (χ0v) is 18.6. The third kappa shape index (κ3) is 5.71. The molecule has 1 aliphatic rings. The Morgan fingerprint density at radius 2 is 1.88 bits per heavy atom. The van der Waals surface area contributed by atoms with Crippen molar-refractivity contribution in [2.45, 2.75) is 38.2 Å². The molecule has 0 saturated heterocycles. The molecule has 1 saturated carbocycles. The first kappa shape index (κ1) is 25.1. The molecule has 180 valence electrons. The second-order valence-corrected chi connectivity index (χ2v) is 8.51. The fraction of sp³-hybridized carbons (Fsp3) is 0.381. The van der Waals surface area contributed by atoms with Crippen LogP contribution in [0.3, 0.4) is 0 Å². The van der Waals surface area contributed by atoms with Crippen LogP contribution in [0.2, 0.25) is 0 Å². The standard InChI is InChI=1S/C21H18BrF7N2O2/c1-20(26,21(27,28)29)11-7-13(22)17(15(8-11)33-19(24)25)31-18(32)12-3-2-4-14(16(12)23)30-9-10-5-6-10/h2-4,7-8,10,19,30H,5-6,9H2,1H3,(H,31,32). The van der Waals surface area contributed by atoms with Gasteiger partial charge in [-0.15, -0.1) is 0 Å². The van der Waals surface area contributed by atoms with Gasteiger partial charge in [-0.05, 0) is 65.9 Å². The van der Waals surface area contributed by atoms with E-state index in [4.69, 9.17) is 0 Å². The molecule has 3 rings (SSSR count). The highest BCUT2D eigenvalue weighted by atomic mass is 79.9. The second-order valence-electron chi connectivity index (χ2n) is 7.66. The molecule has 0 bridgehead atoms. The minimum atomic E-state index is -5.35. The van der Waals surface area contributed by atoms with Crippen molar-refractivity contribution in [1.29, 1.82) is 0 Å². The highest BCUT2D eigenvalue weighted by molar-refractivity contribution is 9.10. The lowest BCUT2D eigenvalue weighted by Gasteiger charge is -2.25. The fourth-order valence-electron chi connectivity index (χ4n) is 2.93. The zero-order chi connectivity index (χ0) is 24.6. The molecule has 0 aromatic heterocycles. The predicted molar refractivity (Wildman–Crippen MR) is 111 cm³/mol. The van der Waals surface area contributed by atoms with Crippen LogP contribution >= 0.6 is 15.9 Å². The summed E-state index contributed by atoms with van der Waals surface area (Å²) >= 11 is 2.85. The number of anilines is 2. The molecule has 0 heterocycles. The summed E-state index contributed by atoms with van der Waals surface area (Å²) in [6.45, 7) is -2.76. The van der Waals surface area contributed by atoms with Crippen LogP contribution < -0.4 is 15.4 Å². The van der Waals surface area contributed by atoms with Gasteiger partial charge in [0, 0.05) is 16.6 Å². The minimum absolute atomic E-state index is 0.0615. The van der Waals surface area contributed by atoms with Gasteiger partial charge in [0.05, 0.1) is 16.9 Å². The Morgan fingerprint density at radius 1 is 1.21 bits per heavy atom. The lowest BCUT2D eigenvalue weighted by Crippen LogP contribution is -2.35. The first-order valence-corrected chi connectivity index (χ1v) is 10.5. The summed E-state index contributed by atoms with van der Waals surface area (Å²) in [6.07, 6.45) is -3.33. The lowest BCUT2D eigenvalue weighted by atomic mass is 9.96.